The quantitative estimate of drug-likeness (QED) is 0.328. The Morgan fingerprint density at radius 3 is 2.30 bits per heavy atom. The predicted octanol–water partition coefficient (Wildman–Crippen LogP) is 5.42. The van der Waals surface area contributed by atoms with E-state index in [-0.39, 0.29) is 23.2 Å². The molecule has 0 aliphatic carbocycles. The lowest BCUT2D eigenvalue weighted by molar-refractivity contribution is 0.0303. The van der Waals surface area contributed by atoms with E-state index in [4.69, 9.17) is 9.72 Å². The van der Waals surface area contributed by atoms with Gasteiger partial charge in [0, 0.05) is 59.9 Å². The molecule has 4 aromatic rings. The SMILES string of the molecule is Cc1c(-c2cn(C)c(=O)c(Nc3cccc(C(=O)N4CCOCC4)c3)n2)cccc1N(C(=O)c1ccccc1)C(C)(C)C. The lowest BCUT2D eigenvalue weighted by atomic mass is 9.97. The van der Waals surface area contributed by atoms with Gasteiger partial charge < -0.3 is 24.4 Å². The topological polar surface area (TPSA) is 96.8 Å². The third-order valence-corrected chi connectivity index (χ3v) is 7.46. The Balaban J connectivity index is 1.50. The van der Waals surface area contributed by atoms with Crippen LogP contribution in [0.15, 0.2) is 83.8 Å². The smallest absolute Gasteiger partial charge is 0.293 e. The Bertz CT molecular complexity index is 1700. The molecule has 1 fully saturated rings. The van der Waals surface area contributed by atoms with Crippen LogP contribution in [0.3, 0.4) is 0 Å². The molecule has 5 rings (SSSR count). The number of amides is 2. The highest BCUT2D eigenvalue weighted by molar-refractivity contribution is 6.07. The zero-order valence-electron chi connectivity index (χ0n) is 25.3. The van der Waals surface area contributed by atoms with Gasteiger partial charge >= 0.3 is 0 Å². The second kappa shape index (κ2) is 12.2. The summed E-state index contributed by atoms with van der Waals surface area (Å²) in [6, 6.07) is 22.1. The Kier molecular flexibility index (Phi) is 8.45. The van der Waals surface area contributed by atoms with E-state index < -0.39 is 5.54 Å². The number of aryl methyl sites for hydroxylation is 1. The van der Waals surface area contributed by atoms with Crippen molar-refractivity contribution in [2.45, 2.75) is 33.2 Å². The van der Waals surface area contributed by atoms with E-state index in [0.29, 0.717) is 48.8 Å². The highest BCUT2D eigenvalue weighted by atomic mass is 16.5. The molecule has 222 valence electrons. The highest BCUT2D eigenvalue weighted by Crippen LogP contribution is 2.34. The summed E-state index contributed by atoms with van der Waals surface area (Å²) < 4.78 is 6.85. The number of aromatic nitrogens is 2. The summed E-state index contributed by atoms with van der Waals surface area (Å²) in [6.45, 7) is 10.1. The standard InChI is InChI=1S/C34H37N5O4/c1-23-27(15-10-16-29(23)39(34(2,3)4)32(41)24-11-7-6-8-12-24)28-22-37(5)33(42)30(36-28)35-26-14-9-13-25(21-26)31(40)38-17-19-43-20-18-38/h6-16,21-22H,17-20H2,1-5H3,(H,35,36). The third kappa shape index (κ3) is 6.36. The van der Waals surface area contributed by atoms with Crippen LogP contribution in [0.5, 0.6) is 0 Å². The van der Waals surface area contributed by atoms with E-state index in [1.54, 1.807) is 47.3 Å². The summed E-state index contributed by atoms with van der Waals surface area (Å²) in [5.74, 6) is -0.0492. The van der Waals surface area contributed by atoms with E-state index in [2.05, 4.69) is 5.32 Å². The molecule has 1 aliphatic rings. The van der Waals surface area contributed by atoms with E-state index in [1.807, 2.05) is 76.2 Å². The fourth-order valence-corrected chi connectivity index (χ4v) is 5.26. The van der Waals surface area contributed by atoms with Crippen LogP contribution >= 0.6 is 0 Å². The van der Waals surface area contributed by atoms with Gasteiger partial charge in [0.1, 0.15) is 0 Å². The van der Waals surface area contributed by atoms with Crippen LogP contribution in [0.2, 0.25) is 0 Å². The van der Waals surface area contributed by atoms with Crippen molar-refractivity contribution in [2.24, 2.45) is 7.05 Å². The van der Waals surface area contributed by atoms with Crippen LogP contribution in [0.4, 0.5) is 17.2 Å². The van der Waals surface area contributed by atoms with Crippen molar-refractivity contribution in [3.05, 3.63) is 106 Å². The Labute approximate surface area is 251 Å². The van der Waals surface area contributed by atoms with Crippen LogP contribution in [-0.2, 0) is 11.8 Å². The van der Waals surface area contributed by atoms with E-state index in [1.165, 1.54) is 4.57 Å². The molecule has 2 heterocycles. The number of carbonyl (C=O) groups excluding carboxylic acids is 2. The number of benzene rings is 3. The van der Waals surface area contributed by atoms with Crippen LogP contribution in [0, 0.1) is 6.92 Å². The maximum atomic E-state index is 13.7. The zero-order valence-corrected chi connectivity index (χ0v) is 25.3. The molecule has 0 radical (unpaired) electrons. The van der Waals surface area contributed by atoms with Gasteiger partial charge in [-0.15, -0.1) is 0 Å². The van der Waals surface area contributed by atoms with Crippen molar-refractivity contribution >= 4 is 29.0 Å². The molecule has 9 heteroatoms. The molecular weight excluding hydrogens is 542 g/mol. The van der Waals surface area contributed by atoms with Crippen molar-refractivity contribution in [1.82, 2.24) is 14.5 Å². The molecule has 1 saturated heterocycles. The van der Waals surface area contributed by atoms with Crippen molar-refractivity contribution in [3.8, 4) is 11.3 Å². The maximum absolute atomic E-state index is 13.7. The first-order valence-electron chi connectivity index (χ1n) is 14.4. The highest BCUT2D eigenvalue weighted by Gasteiger charge is 2.31. The van der Waals surface area contributed by atoms with Gasteiger partial charge in [0.15, 0.2) is 5.82 Å². The number of anilines is 3. The first kappa shape index (κ1) is 29.7. The number of hydrogen-bond acceptors (Lipinski definition) is 6. The monoisotopic (exact) mass is 579 g/mol. The largest absolute Gasteiger partial charge is 0.378 e. The van der Waals surface area contributed by atoms with E-state index in [0.717, 1.165) is 16.8 Å². The molecule has 1 N–H and O–H groups in total. The summed E-state index contributed by atoms with van der Waals surface area (Å²) in [7, 11) is 1.68. The minimum atomic E-state index is -0.510. The lowest BCUT2D eigenvalue weighted by Gasteiger charge is -2.37. The lowest BCUT2D eigenvalue weighted by Crippen LogP contribution is -2.46. The van der Waals surface area contributed by atoms with Crippen LogP contribution in [0.1, 0.15) is 47.1 Å². The number of ether oxygens (including phenoxy) is 1. The van der Waals surface area contributed by atoms with Crippen molar-refractivity contribution < 1.29 is 14.3 Å². The predicted molar refractivity (Wildman–Crippen MR) is 169 cm³/mol. The summed E-state index contributed by atoms with van der Waals surface area (Å²) >= 11 is 0. The molecule has 0 unspecified atom stereocenters. The molecule has 3 aromatic carbocycles. The number of morpholine rings is 1. The number of nitrogens with one attached hydrogen (secondary N) is 1. The summed E-state index contributed by atoms with van der Waals surface area (Å²) in [5, 5.41) is 3.14. The number of nitrogens with zero attached hydrogens (tertiary/aromatic N) is 4. The molecule has 2 amide bonds. The van der Waals surface area contributed by atoms with Crippen molar-refractivity contribution in [1.29, 1.82) is 0 Å². The van der Waals surface area contributed by atoms with Gasteiger partial charge in [0.25, 0.3) is 17.4 Å². The molecule has 1 aromatic heterocycles. The van der Waals surface area contributed by atoms with Gasteiger partial charge in [0.2, 0.25) is 0 Å². The van der Waals surface area contributed by atoms with Gasteiger partial charge in [-0.2, -0.15) is 0 Å². The molecule has 0 saturated carbocycles. The molecule has 1 aliphatic heterocycles. The van der Waals surface area contributed by atoms with Crippen molar-refractivity contribution in [3.63, 3.8) is 0 Å². The van der Waals surface area contributed by atoms with E-state index in [9.17, 15) is 14.4 Å². The summed E-state index contributed by atoms with van der Waals surface area (Å²) in [5.41, 5.74) is 3.88. The molecule has 0 spiro atoms. The minimum Gasteiger partial charge on any atom is -0.378 e. The second-order valence-corrected chi connectivity index (χ2v) is 11.6. The number of rotatable bonds is 6. The fourth-order valence-electron chi connectivity index (χ4n) is 5.26. The Hall–Kier alpha value is -4.76. The fraction of sp³-hybridized carbons (Fsp3) is 0.294. The number of hydrogen-bond donors (Lipinski definition) is 1. The first-order chi connectivity index (χ1) is 20.5. The number of carbonyl (C=O) groups is 2. The maximum Gasteiger partial charge on any atom is 0.293 e. The zero-order chi connectivity index (χ0) is 30.7. The average molecular weight is 580 g/mol. The summed E-state index contributed by atoms with van der Waals surface area (Å²) in [4.78, 5) is 48.2. The third-order valence-electron chi connectivity index (χ3n) is 7.46. The molecule has 0 bridgehead atoms. The van der Waals surface area contributed by atoms with Crippen LogP contribution < -0.4 is 15.8 Å². The minimum absolute atomic E-state index is 0.0811. The Morgan fingerprint density at radius 2 is 1.60 bits per heavy atom. The van der Waals surface area contributed by atoms with Gasteiger partial charge in [-0.05, 0) is 69.7 Å². The summed E-state index contributed by atoms with van der Waals surface area (Å²) in [6.07, 6.45) is 1.69. The van der Waals surface area contributed by atoms with Gasteiger partial charge in [-0.1, -0.05) is 36.4 Å². The van der Waals surface area contributed by atoms with Gasteiger partial charge in [-0.25, -0.2) is 4.98 Å². The average Bonchev–Trinajstić information content (AvgIpc) is 3.00. The van der Waals surface area contributed by atoms with E-state index >= 15 is 0 Å². The molecular formula is C34H37N5O4. The molecule has 9 nitrogen and oxygen atoms in total. The van der Waals surface area contributed by atoms with Gasteiger partial charge in [-0.3, -0.25) is 14.4 Å². The Morgan fingerprint density at radius 1 is 0.930 bits per heavy atom. The van der Waals surface area contributed by atoms with Crippen molar-refractivity contribution in [2.75, 3.05) is 36.5 Å². The molecule has 0 atom stereocenters. The van der Waals surface area contributed by atoms with Crippen LogP contribution in [-0.4, -0.2) is 58.1 Å². The molecule has 43 heavy (non-hydrogen) atoms. The normalized spacial score (nSPS) is 13.5. The second-order valence-electron chi connectivity index (χ2n) is 11.6. The first-order valence-corrected chi connectivity index (χ1v) is 14.4. The van der Waals surface area contributed by atoms with Crippen LogP contribution in [0.25, 0.3) is 11.3 Å². The van der Waals surface area contributed by atoms with Gasteiger partial charge in [0.05, 0.1) is 18.9 Å².